The third-order valence-electron chi connectivity index (χ3n) is 1.35. The standard InChI is InChI=1S/C8H18N4O4/c1-3-5-9-11-15-7(13)8(14)16-12-10-6-4-2/h9-12H,3-6H2,1-2H3. The summed E-state index contributed by atoms with van der Waals surface area (Å²) in [6.07, 6.45) is 1.72. The van der Waals surface area contributed by atoms with E-state index in [1.165, 1.54) is 0 Å². The number of hydrogen-bond acceptors (Lipinski definition) is 8. The van der Waals surface area contributed by atoms with Crippen LogP contribution >= 0.6 is 0 Å². The van der Waals surface area contributed by atoms with Crippen LogP contribution in [0.5, 0.6) is 0 Å². The summed E-state index contributed by atoms with van der Waals surface area (Å²) in [6, 6.07) is 0. The van der Waals surface area contributed by atoms with Crippen LogP contribution in [0.2, 0.25) is 0 Å². The number of rotatable bonds is 8. The smallest absolute Gasteiger partial charge is 0.346 e. The van der Waals surface area contributed by atoms with Crippen LogP contribution in [-0.2, 0) is 19.3 Å². The van der Waals surface area contributed by atoms with Gasteiger partial charge in [-0.2, -0.15) is 0 Å². The van der Waals surface area contributed by atoms with Gasteiger partial charge < -0.3 is 9.68 Å². The fourth-order valence-electron chi connectivity index (χ4n) is 0.600. The molecule has 0 spiro atoms. The topological polar surface area (TPSA) is 101 Å². The van der Waals surface area contributed by atoms with E-state index in [-0.39, 0.29) is 0 Å². The molecule has 0 radical (unpaired) electrons. The molecule has 0 atom stereocenters. The minimum atomic E-state index is -1.14. The van der Waals surface area contributed by atoms with Crippen molar-refractivity contribution in [2.45, 2.75) is 26.7 Å². The van der Waals surface area contributed by atoms with Crippen molar-refractivity contribution in [3.05, 3.63) is 0 Å². The van der Waals surface area contributed by atoms with Gasteiger partial charge in [-0.25, -0.2) is 20.4 Å². The Hall–Kier alpha value is -1.22. The quantitative estimate of drug-likeness (QED) is 0.239. The van der Waals surface area contributed by atoms with Crippen LogP contribution in [0.3, 0.4) is 0 Å². The predicted octanol–water partition coefficient (Wildman–Crippen LogP) is -1.09. The highest BCUT2D eigenvalue weighted by Crippen LogP contribution is 1.78. The summed E-state index contributed by atoms with van der Waals surface area (Å²) in [7, 11) is 0. The second-order valence-corrected chi connectivity index (χ2v) is 2.84. The molecule has 94 valence electrons. The van der Waals surface area contributed by atoms with Crippen LogP contribution in [0, 0.1) is 0 Å². The largest absolute Gasteiger partial charge is 0.439 e. The van der Waals surface area contributed by atoms with Crippen LogP contribution < -0.4 is 22.0 Å². The Morgan fingerprint density at radius 1 is 0.875 bits per heavy atom. The van der Waals surface area contributed by atoms with Crippen LogP contribution in [0.1, 0.15) is 26.7 Å². The van der Waals surface area contributed by atoms with Gasteiger partial charge in [-0.05, 0) is 12.8 Å². The molecule has 0 aromatic rings. The molecule has 16 heavy (non-hydrogen) atoms. The summed E-state index contributed by atoms with van der Waals surface area (Å²) in [5.41, 5.74) is 9.36. The Morgan fingerprint density at radius 3 is 1.56 bits per heavy atom. The third kappa shape index (κ3) is 8.12. The zero-order valence-electron chi connectivity index (χ0n) is 9.46. The molecule has 4 N–H and O–H groups in total. The van der Waals surface area contributed by atoms with E-state index in [4.69, 9.17) is 0 Å². The van der Waals surface area contributed by atoms with E-state index in [2.05, 4.69) is 31.7 Å². The highest BCUT2D eigenvalue weighted by atomic mass is 16.8. The summed E-state index contributed by atoms with van der Waals surface area (Å²) in [5, 5.41) is 0. The Kier molecular flexibility index (Phi) is 9.52. The second-order valence-electron chi connectivity index (χ2n) is 2.84. The van der Waals surface area contributed by atoms with Crippen LogP contribution in [0.15, 0.2) is 0 Å². The highest BCUT2D eigenvalue weighted by Gasteiger charge is 2.17. The van der Waals surface area contributed by atoms with E-state index < -0.39 is 11.9 Å². The Morgan fingerprint density at radius 2 is 1.25 bits per heavy atom. The van der Waals surface area contributed by atoms with Gasteiger partial charge in [0.05, 0.1) is 0 Å². The lowest BCUT2D eigenvalue weighted by atomic mass is 10.5. The number of carbonyl (C=O) groups is 2. The first kappa shape index (κ1) is 14.8. The fourth-order valence-corrected chi connectivity index (χ4v) is 0.600. The molecule has 0 saturated heterocycles. The molecule has 8 nitrogen and oxygen atoms in total. The number of nitrogens with one attached hydrogen (secondary N) is 4. The number of hydrogen-bond donors (Lipinski definition) is 4. The molecule has 0 bridgehead atoms. The van der Waals surface area contributed by atoms with E-state index >= 15 is 0 Å². The normalized spacial score (nSPS) is 9.88. The lowest BCUT2D eigenvalue weighted by Crippen LogP contribution is -2.41. The van der Waals surface area contributed by atoms with Gasteiger partial charge >= 0.3 is 11.9 Å². The Balaban J connectivity index is 3.46. The molecule has 0 amide bonds. The third-order valence-corrected chi connectivity index (χ3v) is 1.35. The first-order chi connectivity index (χ1) is 7.72. The summed E-state index contributed by atoms with van der Waals surface area (Å²) in [4.78, 5) is 30.4. The molecular weight excluding hydrogens is 216 g/mol. The minimum Gasteiger partial charge on any atom is -0.346 e. The maximum absolute atomic E-state index is 10.9. The van der Waals surface area contributed by atoms with Gasteiger partial charge in [-0.1, -0.05) is 25.0 Å². The van der Waals surface area contributed by atoms with E-state index in [0.29, 0.717) is 13.1 Å². The fraction of sp³-hybridized carbons (Fsp3) is 0.750. The molecule has 0 aliphatic carbocycles. The summed E-state index contributed by atoms with van der Waals surface area (Å²) < 4.78 is 0. The van der Waals surface area contributed by atoms with Crippen molar-refractivity contribution >= 4 is 11.9 Å². The molecule has 0 heterocycles. The molecule has 0 rings (SSSR count). The number of hydrazine groups is 2. The molecule has 0 aromatic carbocycles. The van der Waals surface area contributed by atoms with Crippen LogP contribution in [-0.4, -0.2) is 25.0 Å². The predicted molar refractivity (Wildman–Crippen MR) is 55.0 cm³/mol. The van der Waals surface area contributed by atoms with Crippen molar-refractivity contribution in [3.8, 4) is 0 Å². The lowest BCUT2D eigenvalue weighted by molar-refractivity contribution is -0.179. The van der Waals surface area contributed by atoms with Gasteiger partial charge in [0.15, 0.2) is 0 Å². The van der Waals surface area contributed by atoms with Gasteiger partial charge in [-0.15, -0.1) is 0 Å². The van der Waals surface area contributed by atoms with Crippen molar-refractivity contribution in [2.24, 2.45) is 0 Å². The molecule has 0 aromatic heterocycles. The van der Waals surface area contributed by atoms with E-state index in [1.54, 1.807) is 0 Å². The molecule has 0 aliphatic heterocycles. The van der Waals surface area contributed by atoms with Gasteiger partial charge in [0, 0.05) is 13.1 Å². The molecule has 0 fully saturated rings. The number of carbonyl (C=O) groups excluding carboxylic acids is 2. The molecule has 8 heteroatoms. The lowest BCUT2D eigenvalue weighted by Gasteiger charge is -2.06. The van der Waals surface area contributed by atoms with Gasteiger partial charge in [0.1, 0.15) is 0 Å². The summed E-state index contributed by atoms with van der Waals surface area (Å²) >= 11 is 0. The zero-order valence-corrected chi connectivity index (χ0v) is 9.46. The first-order valence-electron chi connectivity index (χ1n) is 5.10. The second kappa shape index (κ2) is 10.3. The average Bonchev–Trinajstić information content (AvgIpc) is 2.29. The first-order valence-corrected chi connectivity index (χ1v) is 5.10. The van der Waals surface area contributed by atoms with Crippen molar-refractivity contribution < 1.29 is 19.3 Å². The SMILES string of the molecule is CCCNNOC(=O)C(=O)ONNCCC. The van der Waals surface area contributed by atoms with Crippen LogP contribution in [0.4, 0.5) is 0 Å². The van der Waals surface area contributed by atoms with Crippen LogP contribution in [0.25, 0.3) is 0 Å². The summed E-state index contributed by atoms with van der Waals surface area (Å²) in [5.74, 6) is -2.29. The van der Waals surface area contributed by atoms with Crippen molar-refractivity contribution in [1.29, 1.82) is 0 Å². The maximum Gasteiger partial charge on any atom is 0.439 e. The van der Waals surface area contributed by atoms with Crippen molar-refractivity contribution in [1.82, 2.24) is 22.0 Å². The maximum atomic E-state index is 10.9. The molecule has 0 aliphatic rings. The van der Waals surface area contributed by atoms with E-state index in [9.17, 15) is 9.59 Å². The molecular formula is C8H18N4O4. The minimum absolute atomic E-state index is 0.610. The van der Waals surface area contributed by atoms with E-state index in [0.717, 1.165) is 12.8 Å². The monoisotopic (exact) mass is 234 g/mol. The highest BCUT2D eigenvalue weighted by molar-refractivity contribution is 6.29. The summed E-state index contributed by atoms with van der Waals surface area (Å²) in [6.45, 7) is 5.10. The Labute approximate surface area is 93.9 Å². The van der Waals surface area contributed by atoms with Gasteiger partial charge in [0.2, 0.25) is 0 Å². The molecule has 0 saturated carbocycles. The Bertz CT molecular complexity index is 190. The van der Waals surface area contributed by atoms with Gasteiger partial charge in [-0.3, -0.25) is 0 Å². The van der Waals surface area contributed by atoms with Gasteiger partial charge in [0.25, 0.3) is 0 Å². The van der Waals surface area contributed by atoms with E-state index in [1.807, 2.05) is 13.8 Å². The van der Waals surface area contributed by atoms with Crippen molar-refractivity contribution in [2.75, 3.05) is 13.1 Å². The van der Waals surface area contributed by atoms with Crippen molar-refractivity contribution in [3.63, 3.8) is 0 Å². The molecule has 0 unspecified atom stereocenters. The zero-order chi connectivity index (χ0) is 12.2. The average molecular weight is 234 g/mol.